The first-order valence-electron chi connectivity index (χ1n) is 34.2. The molecule has 5 aromatic carbocycles. The monoisotopic (exact) mass is 2060 g/mol. The van der Waals surface area contributed by atoms with E-state index in [1.54, 1.807) is 0 Å². The molecule has 1 unspecified atom stereocenters. The van der Waals surface area contributed by atoms with Crippen molar-refractivity contribution in [1.29, 1.82) is 0 Å². The highest BCUT2D eigenvalue weighted by Gasteiger charge is 2.15. The highest BCUT2D eigenvalue weighted by Crippen LogP contribution is 2.17. The van der Waals surface area contributed by atoms with Crippen LogP contribution >= 0.6 is 174 Å². The molecule has 0 amide bonds. The summed E-state index contributed by atoms with van der Waals surface area (Å²) in [5.74, 6) is -4.65. The SMILES string of the molecule is NC(CCCCCC(=S)CCCc1ccc(I)cc1)C(=O)O.N[C@@H](CCCCCC(=S)CCc1ccc(I)cc1)C(=O)O.N[C@@H](CCCCCC(=S)Cc1ccc(I)cc1)C(=O)O.N[C@@H](CCCNC(=S)CCc1ccc(I)cc1)C(=O)O.N[C@@H](CCCNC(=S)Cc1ccc(I)cc1)C(=O)O. The predicted molar refractivity (Wildman–Crippen MR) is 478 cm³/mol. The summed E-state index contributed by atoms with van der Waals surface area (Å²) in [6.45, 7) is 1.33. The molecule has 17 nitrogen and oxygen atoms in total. The zero-order chi connectivity index (χ0) is 76.2. The number of carbonyl (C=O) groups is 5. The first-order chi connectivity index (χ1) is 48.4. The summed E-state index contributed by atoms with van der Waals surface area (Å²) in [6.07, 6.45) is 23.8. The molecular formula is C75H102I5N7O10S5. The van der Waals surface area contributed by atoms with Gasteiger partial charge in [0.15, 0.2) is 0 Å². The van der Waals surface area contributed by atoms with E-state index in [4.69, 9.17) is 115 Å². The van der Waals surface area contributed by atoms with Crippen molar-refractivity contribution in [2.75, 3.05) is 13.1 Å². The number of carboxylic acids is 5. The Balaban J connectivity index is 0.000000638. The van der Waals surface area contributed by atoms with Crippen molar-refractivity contribution in [3.05, 3.63) is 167 Å². The maximum Gasteiger partial charge on any atom is 0.320 e. The smallest absolute Gasteiger partial charge is 0.320 e. The average molecular weight is 2060 g/mol. The molecule has 0 saturated carbocycles. The second kappa shape index (κ2) is 59.9. The van der Waals surface area contributed by atoms with Crippen LogP contribution in [0.3, 0.4) is 0 Å². The Labute approximate surface area is 699 Å². The summed E-state index contributed by atoms with van der Waals surface area (Å²) in [5, 5.41) is 49.6. The molecule has 0 bridgehead atoms. The quantitative estimate of drug-likeness (QED) is 0.00978. The van der Waals surface area contributed by atoms with Crippen LogP contribution in [0.25, 0.3) is 0 Å². The van der Waals surface area contributed by atoms with Crippen molar-refractivity contribution >= 4 is 228 Å². The lowest BCUT2D eigenvalue weighted by molar-refractivity contribution is -0.139. The van der Waals surface area contributed by atoms with Gasteiger partial charge in [0.1, 0.15) is 30.2 Å². The van der Waals surface area contributed by atoms with Gasteiger partial charge >= 0.3 is 29.8 Å². The zero-order valence-electron chi connectivity index (χ0n) is 57.7. The molecule has 0 saturated heterocycles. The van der Waals surface area contributed by atoms with E-state index in [0.29, 0.717) is 64.5 Å². The summed E-state index contributed by atoms with van der Waals surface area (Å²) in [6, 6.07) is 38.4. The van der Waals surface area contributed by atoms with Crippen molar-refractivity contribution < 1.29 is 49.5 Å². The third kappa shape index (κ3) is 53.7. The molecule has 27 heteroatoms. The van der Waals surface area contributed by atoms with E-state index in [-0.39, 0.29) is 0 Å². The van der Waals surface area contributed by atoms with Gasteiger partial charge in [0.25, 0.3) is 0 Å². The highest BCUT2D eigenvalue weighted by atomic mass is 127. The van der Waals surface area contributed by atoms with Gasteiger partial charge in [-0.2, -0.15) is 0 Å². The standard InChI is InChI=1S/C17H24INO2S.C16H22INO2S.C15H20INO2S.C14H19IN2O2S.C13H17IN2O2S/c18-14-11-9-13(10-12-14)5-4-7-15(22)6-2-1-3-8-16(19)17(20)21;17-13-9-6-12(7-10-13)8-11-14(21)4-2-1-3-5-15(18)16(19)20;16-12-8-6-11(7-9-12)10-13(20)4-2-1-3-5-14(17)15(18)19;15-11-6-3-10(4-7-11)5-8-13(20)17-9-1-2-12(16)14(18)19;14-10-5-3-9(4-6-10)8-12(19)16-7-1-2-11(15)13(17)18/h9-12,16H,1-8,19H2,(H,20,21);6-7,9-10,15H,1-5,8,11,18H2,(H,19,20);6-9,14H,1-5,10,17H2,(H,18,19);3-4,6-7,12H,1-2,5,8-9,16H2,(H,17,20)(H,18,19);3-6,11H,1-2,7-8,15H2,(H,16,19)(H,17,18)/t;15-;14-;12-;11-/m.0000/s1. The third-order valence-electron chi connectivity index (χ3n) is 15.6. The van der Waals surface area contributed by atoms with Gasteiger partial charge in [0.05, 0.1) is 9.98 Å². The highest BCUT2D eigenvalue weighted by molar-refractivity contribution is 14.1. The molecule has 0 fully saturated rings. The molecule has 0 spiro atoms. The van der Waals surface area contributed by atoms with Crippen LogP contribution in [0.5, 0.6) is 0 Å². The number of aliphatic carboxylic acids is 5. The number of benzene rings is 5. The summed E-state index contributed by atoms with van der Waals surface area (Å²) >= 11 is 38.1. The second-order valence-electron chi connectivity index (χ2n) is 24.5. The lowest BCUT2D eigenvalue weighted by Crippen LogP contribution is -2.32. The molecule has 5 rings (SSSR count). The van der Waals surface area contributed by atoms with E-state index in [9.17, 15) is 24.0 Å². The Kier molecular flexibility index (Phi) is 57.0. The maximum absolute atomic E-state index is 10.6. The summed E-state index contributed by atoms with van der Waals surface area (Å²) < 4.78 is 6.16. The molecule has 562 valence electrons. The molecule has 0 radical (unpaired) electrons. The number of nitrogens with two attached hydrogens (primary N) is 5. The van der Waals surface area contributed by atoms with E-state index >= 15 is 0 Å². The molecule has 0 aromatic heterocycles. The second-order valence-corrected chi connectivity index (χ2v) is 33.4. The number of nitrogens with one attached hydrogen (secondary N) is 2. The fourth-order valence-corrected chi connectivity index (χ4v) is 12.5. The number of hydrogen-bond donors (Lipinski definition) is 12. The average Bonchev–Trinajstić information content (AvgIpc) is 1.21. The summed E-state index contributed by atoms with van der Waals surface area (Å²) in [7, 11) is 0. The normalized spacial score (nSPS) is 12.0. The molecule has 0 aliphatic carbocycles. The van der Waals surface area contributed by atoms with Crippen molar-refractivity contribution in [2.45, 2.75) is 210 Å². The fraction of sp³-hybridized carbons (Fsp3) is 0.467. The fourth-order valence-electron chi connectivity index (χ4n) is 9.40. The van der Waals surface area contributed by atoms with Crippen molar-refractivity contribution in [2.24, 2.45) is 28.7 Å². The molecule has 17 N–H and O–H groups in total. The van der Waals surface area contributed by atoms with Crippen LogP contribution in [0.1, 0.15) is 175 Å². The Bertz CT molecular complexity index is 3280. The van der Waals surface area contributed by atoms with Gasteiger partial charge in [-0.1, -0.05) is 160 Å². The van der Waals surface area contributed by atoms with Crippen LogP contribution in [-0.2, 0) is 56.1 Å². The summed E-state index contributed by atoms with van der Waals surface area (Å²) in [5.41, 5.74) is 33.6. The van der Waals surface area contributed by atoms with Gasteiger partial charge in [0, 0.05) is 50.2 Å². The van der Waals surface area contributed by atoms with Crippen LogP contribution in [0.4, 0.5) is 0 Å². The minimum absolute atomic E-state index is 0.453. The molecule has 0 aliphatic rings. The predicted octanol–water partition coefficient (Wildman–Crippen LogP) is 16.1. The van der Waals surface area contributed by atoms with E-state index in [1.807, 2.05) is 12.1 Å². The first-order valence-corrected chi connectivity index (χ1v) is 41.6. The Morgan fingerprint density at radius 2 is 0.549 bits per heavy atom. The number of thiocarbonyl (C=S) groups is 5. The van der Waals surface area contributed by atoms with E-state index in [2.05, 4.69) is 233 Å². The Hall–Kier alpha value is -3.05. The summed E-state index contributed by atoms with van der Waals surface area (Å²) in [4.78, 5) is 57.6. The van der Waals surface area contributed by atoms with Gasteiger partial charge in [0.2, 0.25) is 0 Å². The minimum atomic E-state index is -0.957. The Morgan fingerprint density at radius 1 is 0.294 bits per heavy atom. The number of aryl methyl sites for hydroxylation is 3. The zero-order valence-corrected chi connectivity index (χ0v) is 72.6. The van der Waals surface area contributed by atoms with Gasteiger partial charge in [-0.15, -0.1) is 0 Å². The van der Waals surface area contributed by atoms with Crippen LogP contribution in [0.2, 0.25) is 0 Å². The number of unbranched alkanes of at least 4 members (excludes halogenated alkanes) is 6. The maximum atomic E-state index is 10.6. The number of carboxylic acid groups (broad SMARTS) is 5. The van der Waals surface area contributed by atoms with Gasteiger partial charge in [-0.25, -0.2) is 0 Å². The Morgan fingerprint density at radius 3 is 0.882 bits per heavy atom. The van der Waals surface area contributed by atoms with Crippen molar-refractivity contribution in [1.82, 2.24) is 10.6 Å². The molecule has 0 heterocycles. The van der Waals surface area contributed by atoms with Crippen LogP contribution < -0.4 is 39.3 Å². The lowest BCUT2D eigenvalue weighted by Gasteiger charge is -2.09. The molecule has 5 atom stereocenters. The van der Waals surface area contributed by atoms with Crippen molar-refractivity contribution in [3.8, 4) is 0 Å². The largest absolute Gasteiger partial charge is 0.480 e. The molecule has 5 aromatic rings. The van der Waals surface area contributed by atoms with Gasteiger partial charge < -0.3 is 64.8 Å². The van der Waals surface area contributed by atoms with Gasteiger partial charge in [-0.3, -0.25) is 24.0 Å². The van der Waals surface area contributed by atoms with Crippen LogP contribution in [0, 0.1) is 17.9 Å². The van der Waals surface area contributed by atoms with Crippen LogP contribution in [0.15, 0.2) is 121 Å². The molecule has 0 aliphatic heterocycles. The van der Waals surface area contributed by atoms with E-state index in [0.717, 1.165) is 153 Å². The topological polar surface area (TPSA) is 341 Å². The number of halogens is 5. The van der Waals surface area contributed by atoms with E-state index in [1.165, 1.54) is 45.7 Å². The van der Waals surface area contributed by atoms with Crippen molar-refractivity contribution in [3.63, 3.8) is 0 Å². The first kappa shape index (κ1) is 97.0. The minimum Gasteiger partial charge on any atom is -0.480 e. The number of rotatable bonds is 45. The third-order valence-corrected chi connectivity index (χ3v) is 21.0. The number of hydrogen-bond acceptors (Lipinski definition) is 15. The molecular weight excluding hydrogens is 1950 g/mol. The van der Waals surface area contributed by atoms with E-state index < -0.39 is 60.1 Å². The van der Waals surface area contributed by atoms with Crippen LogP contribution in [-0.4, -0.2) is 123 Å². The molecule has 102 heavy (non-hydrogen) atoms. The van der Waals surface area contributed by atoms with Gasteiger partial charge in [-0.05, 0) is 338 Å². The lowest BCUT2D eigenvalue weighted by atomic mass is 10.0.